The predicted molar refractivity (Wildman–Crippen MR) is 123 cm³/mol. The molecule has 2 heterocycles. The molecule has 0 radical (unpaired) electrons. The molecule has 6 aromatic rings. The first-order valence-electron chi connectivity index (χ1n) is 10.1. The van der Waals surface area contributed by atoms with Crippen molar-refractivity contribution in [1.82, 2.24) is 15.4 Å². The standard InChI is InChI=1S/C27H17N3O/c1-3-9-18(10-4-1)20-15-16-24-26(21-13-7-8-14-23(21)31-24)25(20)22-17-28-30-29-27(22)19-11-5-2-6-12-19/h1-17H. The molecule has 4 aromatic carbocycles. The third-order valence-corrected chi connectivity index (χ3v) is 5.58. The van der Waals surface area contributed by atoms with E-state index in [1.165, 1.54) is 0 Å². The van der Waals surface area contributed by atoms with E-state index in [1.54, 1.807) is 6.20 Å². The van der Waals surface area contributed by atoms with Gasteiger partial charge in [0.15, 0.2) is 0 Å². The lowest BCUT2D eigenvalue weighted by Crippen LogP contribution is -1.97. The molecule has 0 aliphatic rings. The molecular weight excluding hydrogens is 382 g/mol. The number of hydrogen-bond donors (Lipinski definition) is 0. The van der Waals surface area contributed by atoms with Crippen LogP contribution in [0, 0.1) is 0 Å². The molecule has 0 amide bonds. The predicted octanol–water partition coefficient (Wildman–Crippen LogP) is 6.77. The van der Waals surface area contributed by atoms with Crippen LogP contribution in [0.1, 0.15) is 0 Å². The fourth-order valence-electron chi connectivity index (χ4n) is 4.22. The van der Waals surface area contributed by atoms with Crippen LogP contribution in [0.15, 0.2) is 108 Å². The molecule has 0 fully saturated rings. The van der Waals surface area contributed by atoms with Gasteiger partial charge in [-0.15, -0.1) is 10.2 Å². The smallest absolute Gasteiger partial charge is 0.136 e. The lowest BCUT2D eigenvalue weighted by atomic mass is 9.89. The van der Waals surface area contributed by atoms with Crippen LogP contribution >= 0.6 is 0 Å². The highest BCUT2D eigenvalue weighted by Crippen LogP contribution is 2.44. The van der Waals surface area contributed by atoms with Crippen molar-refractivity contribution in [3.8, 4) is 33.5 Å². The number of nitrogens with zero attached hydrogens (tertiary/aromatic N) is 3. The number of hydrogen-bond acceptors (Lipinski definition) is 4. The zero-order valence-electron chi connectivity index (χ0n) is 16.6. The first-order chi connectivity index (χ1) is 15.4. The summed E-state index contributed by atoms with van der Waals surface area (Å²) in [6.07, 6.45) is 1.80. The Morgan fingerprint density at radius 1 is 0.581 bits per heavy atom. The quantitative estimate of drug-likeness (QED) is 0.329. The van der Waals surface area contributed by atoms with Crippen molar-refractivity contribution >= 4 is 21.9 Å². The number of para-hydroxylation sites is 1. The van der Waals surface area contributed by atoms with Gasteiger partial charge in [-0.3, -0.25) is 0 Å². The number of aromatic nitrogens is 3. The molecule has 4 heteroatoms. The summed E-state index contributed by atoms with van der Waals surface area (Å²) in [4.78, 5) is 0. The van der Waals surface area contributed by atoms with Crippen molar-refractivity contribution in [2.24, 2.45) is 0 Å². The normalized spacial score (nSPS) is 11.2. The van der Waals surface area contributed by atoms with E-state index in [2.05, 4.69) is 51.8 Å². The lowest BCUT2D eigenvalue weighted by Gasteiger charge is -2.14. The van der Waals surface area contributed by atoms with Crippen LogP contribution in [0.25, 0.3) is 55.4 Å². The van der Waals surface area contributed by atoms with Gasteiger partial charge in [0.2, 0.25) is 0 Å². The van der Waals surface area contributed by atoms with Gasteiger partial charge >= 0.3 is 0 Å². The third-order valence-electron chi connectivity index (χ3n) is 5.58. The van der Waals surface area contributed by atoms with Crippen molar-refractivity contribution in [2.75, 3.05) is 0 Å². The molecule has 2 aromatic heterocycles. The van der Waals surface area contributed by atoms with Crippen LogP contribution in [0.2, 0.25) is 0 Å². The number of furan rings is 1. The van der Waals surface area contributed by atoms with Gasteiger partial charge in [0.25, 0.3) is 0 Å². The van der Waals surface area contributed by atoms with Crippen LogP contribution in [0.3, 0.4) is 0 Å². The SMILES string of the molecule is c1ccc(-c2ccc3oc4ccccc4c3c2-c2cnnnc2-c2ccccc2)cc1. The Morgan fingerprint density at radius 2 is 1.29 bits per heavy atom. The number of fused-ring (bicyclic) bond motifs is 3. The molecule has 0 saturated carbocycles. The van der Waals surface area contributed by atoms with Gasteiger partial charge < -0.3 is 4.42 Å². The van der Waals surface area contributed by atoms with Crippen LogP contribution in [0.4, 0.5) is 0 Å². The van der Waals surface area contributed by atoms with E-state index < -0.39 is 0 Å². The summed E-state index contributed by atoms with van der Waals surface area (Å²) in [6, 6.07) is 32.8. The second-order valence-electron chi connectivity index (χ2n) is 7.39. The van der Waals surface area contributed by atoms with Crippen LogP contribution in [-0.2, 0) is 0 Å². The maximum atomic E-state index is 6.19. The molecule has 0 spiro atoms. The highest BCUT2D eigenvalue weighted by atomic mass is 16.3. The molecular formula is C27H17N3O. The molecule has 31 heavy (non-hydrogen) atoms. The fraction of sp³-hybridized carbons (Fsp3) is 0. The molecule has 6 rings (SSSR count). The van der Waals surface area contributed by atoms with Gasteiger partial charge in [-0.25, -0.2) is 0 Å². The number of benzene rings is 4. The maximum absolute atomic E-state index is 6.19. The largest absolute Gasteiger partial charge is 0.456 e. The molecule has 0 aliphatic heterocycles. The zero-order valence-corrected chi connectivity index (χ0v) is 16.6. The third kappa shape index (κ3) is 2.89. The van der Waals surface area contributed by atoms with Gasteiger partial charge in [0, 0.05) is 27.5 Å². The van der Waals surface area contributed by atoms with E-state index in [1.807, 2.05) is 60.7 Å². The topological polar surface area (TPSA) is 51.8 Å². The first kappa shape index (κ1) is 17.5. The average Bonchev–Trinajstić information content (AvgIpc) is 3.23. The molecule has 0 unspecified atom stereocenters. The lowest BCUT2D eigenvalue weighted by molar-refractivity contribution is 0.669. The van der Waals surface area contributed by atoms with Crippen LogP contribution in [0.5, 0.6) is 0 Å². The highest BCUT2D eigenvalue weighted by molar-refractivity contribution is 6.16. The van der Waals surface area contributed by atoms with Gasteiger partial charge in [0.1, 0.15) is 16.9 Å². The van der Waals surface area contributed by atoms with E-state index in [4.69, 9.17) is 4.42 Å². The maximum Gasteiger partial charge on any atom is 0.136 e. The summed E-state index contributed by atoms with van der Waals surface area (Å²) in [5, 5.41) is 14.7. The Bertz CT molecular complexity index is 1520. The van der Waals surface area contributed by atoms with E-state index in [9.17, 15) is 0 Å². The molecule has 0 aliphatic carbocycles. The van der Waals surface area contributed by atoms with E-state index in [-0.39, 0.29) is 0 Å². The highest BCUT2D eigenvalue weighted by Gasteiger charge is 2.21. The molecule has 146 valence electrons. The monoisotopic (exact) mass is 399 g/mol. The molecule has 0 atom stereocenters. The average molecular weight is 399 g/mol. The molecule has 0 bridgehead atoms. The van der Waals surface area contributed by atoms with Crippen LogP contribution < -0.4 is 0 Å². The van der Waals surface area contributed by atoms with E-state index in [0.717, 1.165) is 55.4 Å². The van der Waals surface area contributed by atoms with Crippen molar-refractivity contribution in [3.05, 3.63) is 103 Å². The second-order valence-corrected chi connectivity index (χ2v) is 7.39. The van der Waals surface area contributed by atoms with Crippen molar-refractivity contribution in [2.45, 2.75) is 0 Å². The van der Waals surface area contributed by atoms with Gasteiger partial charge in [-0.05, 0) is 28.5 Å². The molecule has 4 nitrogen and oxygen atoms in total. The van der Waals surface area contributed by atoms with E-state index in [0.29, 0.717) is 0 Å². The van der Waals surface area contributed by atoms with E-state index >= 15 is 0 Å². The Morgan fingerprint density at radius 3 is 2.10 bits per heavy atom. The Kier molecular flexibility index (Phi) is 4.06. The molecule has 0 N–H and O–H groups in total. The van der Waals surface area contributed by atoms with Crippen molar-refractivity contribution in [1.29, 1.82) is 0 Å². The first-order valence-corrected chi connectivity index (χ1v) is 10.1. The van der Waals surface area contributed by atoms with Crippen molar-refractivity contribution in [3.63, 3.8) is 0 Å². The number of rotatable bonds is 3. The summed E-state index contributed by atoms with van der Waals surface area (Å²) in [6.45, 7) is 0. The molecule has 0 saturated heterocycles. The van der Waals surface area contributed by atoms with Gasteiger partial charge in [-0.2, -0.15) is 0 Å². The Balaban J connectivity index is 1.78. The summed E-state index contributed by atoms with van der Waals surface area (Å²) < 4.78 is 6.19. The van der Waals surface area contributed by atoms with Gasteiger partial charge in [0.05, 0.1) is 6.20 Å². The fourth-order valence-corrected chi connectivity index (χ4v) is 4.22. The second kappa shape index (κ2) is 7.18. The van der Waals surface area contributed by atoms with Gasteiger partial charge in [-0.1, -0.05) is 84.9 Å². The summed E-state index contributed by atoms with van der Waals surface area (Å²) in [7, 11) is 0. The summed E-state index contributed by atoms with van der Waals surface area (Å²) in [5.74, 6) is 0. The van der Waals surface area contributed by atoms with Crippen LogP contribution in [-0.4, -0.2) is 15.4 Å². The minimum absolute atomic E-state index is 0.797. The Hall–Kier alpha value is -4.31. The zero-order chi connectivity index (χ0) is 20.6. The summed E-state index contributed by atoms with van der Waals surface area (Å²) >= 11 is 0. The Labute approximate surface area is 178 Å². The van der Waals surface area contributed by atoms with Crippen molar-refractivity contribution < 1.29 is 4.42 Å². The summed E-state index contributed by atoms with van der Waals surface area (Å²) in [5.41, 5.74) is 7.70. The minimum atomic E-state index is 0.797. The minimum Gasteiger partial charge on any atom is -0.456 e.